The van der Waals surface area contributed by atoms with E-state index in [1.807, 2.05) is 6.20 Å². The van der Waals surface area contributed by atoms with Gasteiger partial charge in [-0.25, -0.2) is 4.98 Å². The second-order valence-electron chi connectivity index (χ2n) is 4.95. The monoisotopic (exact) mass is 233 g/mol. The summed E-state index contributed by atoms with van der Waals surface area (Å²) >= 11 is 0. The number of rotatable bonds is 3. The van der Waals surface area contributed by atoms with Gasteiger partial charge in [0.15, 0.2) is 0 Å². The summed E-state index contributed by atoms with van der Waals surface area (Å²) in [6.07, 6.45) is 5.82. The predicted molar refractivity (Wildman–Crippen MR) is 72.4 cm³/mol. The van der Waals surface area contributed by atoms with Gasteiger partial charge in [-0.15, -0.1) is 0 Å². The first-order chi connectivity index (χ1) is 8.24. The van der Waals surface area contributed by atoms with Crippen LogP contribution in [0.3, 0.4) is 0 Å². The molecule has 0 aliphatic carbocycles. The molecule has 1 aliphatic rings. The molecular formula is C14H23N3. The lowest BCUT2D eigenvalue weighted by atomic mass is 9.95. The predicted octanol–water partition coefficient (Wildman–Crippen LogP) is 2.69. The molecule has 3 nitrogen and oxygen atoms in total. The third-order valence-electron chi connectivity index (χ3n) is 3.62. The summed E-state index contributed by atoms with van der Waals surface area (Å²) in [5.41, 5.74) is 1.39. The van der Waals surface area contributed by atoms with Crippen molar-refractivity contribution in [2.75, 3.05) is 32.1 Å². The molecule has 0 aromatic carbocycles. The SMILES string of the molecule is CCN1CCCCC1c1cccnc1N(C)C. The van der Waals surface area contributed by atoms with Crippen molar-refractivity contribution in [2.24, 2.45) is 0 Å². The second-order valence-corrected chi connectivity index (χ2v) is 4.95. The summed E-state index contributed by atoms with van der Waals surface area (Å²) in [5.74, 6) is 1.12. The number of likely N-dealkylation sites (tertiary alicyclic amines) is 1. The summed E-state index contributed by atoms with van der Waals surface area (Å²) in [5, 5.41) is 0. The van der Waals surface area contributed by atoms with Gasteiger partial charge in [-0.1, -0.05) is 19.4 Å². The molecule has 2 heterocycles. The maximum absolute atomic E-state index is 4.52. The van der Waals surface area contributed by atoms with E-state index >= 15 is 0 Å². The molecule has 1 aromatic heterocycles. The van der Waals surface area contributed by atoms with Crippen LogP contribution in [0.25, 0.3) is 0 Å². The lowest BCUT2D eigenvalue weighted by molar-refractivity contribution is 0.157. The first-order valence-corrected chi connectivity index (χ1v) is 6.60. The van der Waals surface area contributed by atoms with E-state index in [9.17, 15) is 0 Å². The Labute approximate surface area is 104 Å². The van der Waals surface area contributed by atoms with E-state index in [-0.39, 0.29) is 0 Å². The van der Waals surface area contributed by atoms with Gasteiger partial charge in [0.1, 0.15) is 5.82 Å². The van der Waals surface area contributed by atoms with Gasteiger partial charge < -0.3 is 4.90 Å². The molecule has 1 atom stereocenters. The quantitative estimate of drug-likeness (QED) is 0.800. The van der Waals surface area contributed by atoms with Crippen LogP contribution in [-0.2, 0) is 0 Å². The summed E-state index contributed by atoms with van der Waals surface area (Å²) in [6.45, 7) is 4.61. The fourth-order valence-electron chi connectivity index (χ4n) is 2.76. The minimum absolute atomic E-state index is 0.555. The van der Waals surface area contributed by atoms with Crippen LogP contribution in [0.2, 0.25) is 0 Å². The molecule has 1 aliphatic heterocycles. The lowest BCUT2D eigenvalue weighted by Crippen LogP contribution is -2.34. The summed E-state index contributed by atoms with van der Waals surface area (Å²) in [4.78, 5) is 9.22. The molecule has 3 heteroatoms. The van der Waals surface area contributed by atoms with Crippen LogP contribution in [0, 0.1) is 0 Å². The van der Waals surface area contributed by atoms with E-state index in [0.717, 1.165) is 12.4 Å². The second kappa shape index (κ2) is 5.50. The molecule has 1 unspecified atom stereocenters. The first-order valence-electron chi connectivity index (χ1n) is 6.60. The van der Waals surface area contributed by atoms with Gasteiger partial charge in [0.25, 0.3) is 0 Å². The average molecular weight is 233 g/mol. The Hall–Kier alpha value is -1.09. The van der Waals surface area contributed by atoms with E-state index in [1.165, 1.54) is 31.4 Å². The highest BCUT2D eigenvalue weighted by Gasteiger charge is 2.25. The van der Waals surface area contributed by atoms with Gasteiger partial charge in [-0.2, -0.15) is 0 Å². The molecule has 94 valence electrons. The Balaban J connectivity index is 2.31. The standard InChI is InChI=1S/C14H23N3/c1-4-17-11-6-5-9-13(17)12-8-7-10-15-14(12)16(2)3/h7-8,10,13H,4-6,9,11H2,1-3H3. The number of pyridine rings is 1. The van der Waals surface area contributed by atoms with Crippen LogP contribution in [0.5, 0.6) is 0 Å². The Kier molecular flexibility index (Phi) is 4.00. The lowest BCUT2D eigenvalue weighted by Gasteiger charge is -2.36. The molecule has 0 radical (unpaired) electrons. The smallest absolute Gasteiger partial charge is 0.132 e. The van der Waals surface area contributed by atoms with Crippen LogP contribution in [-0.4, -0.2) is 37.1 Å². The molecule has 0 amide bonds. The Morgan fingerprint density at radius 1 is 1.41 bits per heavy atom. The number of anilines is 1. The number of hydrogen-bond acceptors (Lipinski definition) is 3. The Morgan fingerprint density at radius 2 is 2.24 bits per heavy atom. The first kappa shape index (κ1) is 12.4. The van der Waals surface area contributed by atoms with Crippen molar-refractivity contribution in [3.05, 3.63) is 23.9 Å². The fraction of sp³-hybridized carbons (Fsp3) is 0.643. The maximum Gasteiger partial charge on any atom is 0.132 e. The highest BCUT2D eigenvalue weighted by atomic mass is 15.2. The van der Waals surface area contributed by atoms with Crippen molar-refractivity contribution in [1.82, 2.24) is 9.88 Å². The zero-order chi connectivity index (χ0) is 12.3. The summed E-state index contributed by atoms with van der Waals surface area (Å²) in [6, 6.07) is 4.85. The van der Waals surface area contributed by atoms with Crippen LogP contribution < -0.4 is 4.90 Å². The van der Waals surface area contributed by atoms with Gasteiger partial charge in [0.05, 0.1) is 0 Å². The largest absolute Gasteiger partial charge is 0.362 e. The van der Waals surface area contributed by atoms with E-state index in [0.29, 0.717) is 6.04 Å². The Morgan fingerprint density at radius 3 is 2.94 bits per heavy atom. The van der Waals surface area contributed by atoms with E-state index in [4.69, 9.17) is 0 Å². The minimum Gasteiger partial charge on any atom is -0.362 e. The number of piperidine rings is 1. The van der Waals surface area contributed by atoms with Gasteiger partial charge in [0.2, 0.25) is 0 Å². The molecule has 1 fully saturated rings. The van der Waals surface area contributed by atoms with E-state index < -0.39 is 0 Å². The summed E-state index contributed by atoms with van der Waals surface area (Å²) < 4.78 is 0. The van der Waals surface area contributed by atoms with Crippen molar-refractivity contribution in [1.29, 1.82) is 0 Å². The van der Waals surface area contributed by atoms with Crippen molar-refractivity contribution < 1.29 is 0 Å². The van der Waals surface area contributed by atoms with Crippen molar-refractivity contribution in [3.63, 3.8) is 0 Å². The minimum atomic E-state index is 0.555. The molecule has 1 saturated heterocycles. The molecule has 0 N–H and O–H groups in total. The third kappa shape index (κ3) is 2.60. The van der Waals surface area contributed by atoms with Crippen LogP contribution >= 0.6 is 0 Å². The van der Waals surface area contributed by atoms with Crippen LogP contribution in [0.15, 0.2) is 18.3 Å². The molecule has 0 saturated carbocycles. The number of nitrogens with zero attached hydrogens (tertiary/aromatic N) is 3. The number of aromatic nitrogens is 1. The van der Waals surface area contributed by atoms with Gasteiger partial charge >= 0.3 is 0 Å². The van der Waals surface area contributed by atoms with Gasteiger partial charge in [0, 0.05) is 31.9 Å². The fourth-order valence-corrected chi connectivity index (χ4v) is 2.76. The molecule has 17 heavy (non-hydrogen) atoms. The number of hydrogen-bond donors (Lipinski definition) is 0. The molecule has 0 bridgehead atoms. The van der Waals surface area contributed by atoms with Crippen LogP contribution in [0.4, 0.5) is 5.82 Å². The molecule has 1 aromatic rings. The highest BCUT2D eigenvalue weighted by Crippen LogP contribution is 2.34. The molecular weight excluding hydrogens is 210 g/mol. The Bertz CT molecular complexity index is 362. The molecule has 0 spiro atoms. The van der Waals surface area contributed by atoms with Gasteiger partial charge in [-0.05, 0) is 32.0 Å². The van der Waals surface area contributed by atoms with E-state index in [1.54, 1.807) is 0 Å². The average Bonchev–Trinajstić information content (AvgIpc) is 2.38. The van der Waals surface area contributed by atoms with Crippen molar-refractivity contribution in [3.8, 4) is 0 Å². The van der Waals surface area contributed by atoms with Gasteiger partial charge in [-0.3, -0.25) is 4.90 Å². The highest BCUT2D eigenvalue weighted by molar-refractivity contribution is 5.47. The van der Waals surface area contributed by atoms with Crippen molar-refractivity contribution in [2.45, 2.75) is 32.2 Å². The maximum atomic E-state index is 4.52. The van der Waals surface area contributed by atoms with Crippen LogP contribution in [0.1, 0.15) is 37.8 Å². The van der Waals surface area contributed by atoms with Crippen molar-refractivity contribution >= 4 is 5.82 Å². The zero-order valence-electron chi connectivity index (χ0n) is 11.2. The van der Waals surface area contributed by atoms with E-state index in [2.05, 4.69) is 47.9 Å². The third-order valence-corrected chi connectivity index (χ3v) is 3.62. The zero-order valence-corrected chi connectivity index (χ0v) is 11.2. The normalized spacial score (nSPS) is 21.5. The molecule has 2 rings (SSSR count). The summed E-state index contributed by atoms with van der Waals surface area (Å²) in [7, 11) is 4.15. The topological polar surface area (TPSA) is 19.4 Å².